The van der Waals surface area contributed by atoms with Gasteiger partial charge in [0.15, 0.2) is 23.0 Å². The zero-order valence-corrected chi connectivity index (χ0v) is 15.6. The molecule has 146 valence electrons. The van der Waals surface area contributed by atoms with Crippen LogP contribution in [-0.4, -0.2) is 71.2 Å². The summed E-state index contributed by atoms with van der Waals surface area (Å²) in [7, 11) is 0. The lowest BCUT2D eigenvalue weighted by Gasteiger charge is -2.33. The van der Waals surface area contributed by atoms with Crippen LogP contribution in [0.15, 0.2) is 30.3 Å². The number of amides is 2. The van der Waals surface area contributed by atoms with Crippen molar-refractivity contribution in [1.82, 2.24) is 20.0 Å². The van der Waals surface area contributed by atoms with Gasteiger partial charge in [0.25, 0.3) is 5.91 Å². The lowest BCUT2D eigenvalue weighted by molar-refractivity contribution is -0.130. The van der Waals surface area contributed by atoms with Crippen molar-refractivity contribution in [3.05, 3.63) is 36.0 Å². The van der Waals surface area contributed by atoms with Gasteiger partial charge in [-0.1, -0.05) is 0 Å². The van der Waals surface area contributed by atoms with Crippen molar-refractivity contribution in [2.24, 2.45) is 0 Å². The summed E-state index contributed by atoms with van der Waals surface area (Å²) in [5.74, 6) is 1.77. The van der Waals surface area contributed by atoms with Crippen molar-refractivity contribution in [1.29, 1.82) is 0 Å². The van der Waals surface area contributed by atoms with E-state index in [1.165, 1.54) is 6.92 Å². The van der Waals surface area contributed by atoms with Crippen LogP contribution >= 0.6 is 0 Å². The summed E-state index contributed by atoms with van der Waals surface area (Å²) >= 11 is 0. The van der Waals surface area contributed by atoms with Gasteiger partial charge in [0, 0.05) is 44.9 Å². The van der Waals surface area contributed by atoms with Crippen LogP contribution < -0.4 is 14.8 Å². The van der Waals surface area contributed by atoms with Crippen LogP contribution in [-0.2, 0) is 4.79 Å². The molecule has 2 aliphatic rings. The number of nitrogens with one attached hydrogen (secondary N) is 1. The lowest BCUT2D eigenvalue weighted by Crippen LogP contribution is -2.50. The van der Waals surface area contributed by atoms with Crippen LogP contribution in [0, 0.1) is 0 Å². The van der Waals surface area contributed by atoms with Crippen molar-refractivity contribution >= 4 is 23.3 Å². The average Bonchev–Trinajstić information content (AvgIpc) is 2.74. The summed E-state index contributed by atoms with van der Waals surface area (Å²) in [5.41, 5.74) is 1.07. The summed E-state index contributed by atoms with van der Waals surface area (Å²) in [6.07, 6.45) is 0. The van der Waals surface area contributed by atoms with Gasteiger partial charge in [0.2, 0.25) is 5.91 Å². The molecule has 0 saturated carbocycles. The van der Waals surface area contributed by atoms with E-state index in [9.17, 15) is 9.59 Å². The first kappa shape index (κ1) is 18.0. The molecule has 4 rings (SSSR count). The predicted octanol–water partition coefficient (Wildman–Crippen LogP) is 1.30. The molecule has 1 N–H and O–H groups in total. The number of aromatic nitrogens is 2. The Balaban J connectivity index is 1.39. The van der Waals surface area contributed by atoms with Gasteiger partial charge in [-0.2, -0.15) is 0 Å². The highest BCUT2D eigenvalue weighted by Gasteiger charge is 2.24. The fraction of sp³-hybridized carbons (Fsp3) is 0.368. The van der Waals surface area contributed by atoms with Crippen molar-refractivity contribution in [2.75, 3.05) is 44.7 Å². The summed E-state index contributed by atoms with van der Waals surface area (Å²) in [6.45, 7) is 4.68. The maximum absolute atomic E-state index is 12.6. The molecule has 2 aromatic rings. The molecule has 2 amide bonds. The molecule has 0 radical (unpaired) electrons. The Kier molecular flexibility index (Phi) is 4.96. The van der Waals surface area contributed by atoms with Crippen molar-refractivity contribution in [3.63, 3.8) is 0 Å². The number of ether oxygens (including phenoxy) is 2. The molecule has 1 fully saturated rings. The number of piperazine rings is 1. The summed E-state index contributed by atoms with van der Waals surface area (Å²) in [5, 5.41) is 11.3. The molecule has 3 heterocycles. The summed E-state index contributed by atoms with van der Waals surface area (Å²) in [4.78, 5) is 27.4. The summed E-state index contributed by atoms with van der Waals surface area (Å²) in [6, 6.07) is 8.89. The molecule has 2 aliphatic heterocycles. The van der Waals surface area contributed by atoms with Crippen LogP contribution in [0.4, 0.5) is 11.5 Å². The number of nitrogens with zero attached hydrogens (tertiary/aromatic N) is 4. The number of hydrogen-bond donors (Lipinski definition) is 1. The van der Waals surface area contributed by atoms with Gasteiger partial charge in [0.05, 0.1) is 0 Å². The molecule has 28 heavy (non-hydrogen) atoms. The topological polar surface area (TPSA) is 96.9 Å². The zero-order chi connectivity index (χ0) is 19.5. The molecule has 1 saturated heterocycles. The van der Waals surface area contributed by atoms with E-state index in [1.54, 1.807) is 21.9 Å². The molecule has 9 nitrogen and oxygen atoms in total. The Morgan fingerprint density at radius 1 is 0.929 bits per heavy atom. The predicted molar refractivity (Wildman–Crippen MR) is 101 cm³/mol. The highest BCUT2D eigenvalue weighted by molar-refractivity contribution is 5.92. The minimum atomic E-state index is -0.179. The second kappa shape index (κ2) is 7.71. The van der Waals surface area contributed by atoms with Crippen LogP contribution in [0.2, 0.25) is 0 Å². The number of rotatable bonds is 3. The van der Waals surface area contributed by atoms with E-state index in [0.717, 1.165) is 5.69 Å². The maximum atomic E-state index is 12.6. The monoisotopic (exact) mass is 383 g/mol. The third-order valence-corrected chi connectivity index (χ3v) is 4.71. The third-order valence-electron chi connectivity index (χ3n) is 4.71. The highest BCUT2D eigenvalue weighted by atomic mass is 16.6. The van der Waals surface area contributed by atoms with Crippen molar-refractivity contribution in [2.45, 2.75) is 6.92 Å². The van der Waals surface area contributed by atoms with E-state index in [1.807, 2.05) is 18.2 Å². The first-order chi connectivity index (χ1) is 13.6. The lowest BCUT2D eigenvalue weighted by atomic mass is 10.2. The van der Waals surface area contributed by atoms with E-state index in [0.29, 0.717) is 56.7 Å². The molecular weight excluding hydrogens is 362 g/mol. The Hall–Kier alpha value is -3.36. The molecule has 0 unspecified atom stereocenters. The van der Waals surface area contributed by atoms with E-state index in [2.05, 4.69) is 15.5 Å². The van der Waals surface area contributed by atoms with E-state index in [4.69, 9.17) is 9.47 Å². The standard InChI is InChI=1S/C19H21N5O4/c1-13(25)23-6-8-24(9-7-23)19(26)15-3-5-18(22-21-15)20-14-2-4-16-17(12-14)28-11-10-27-16/h2-5,12H,6-11H2,1H3,(H,20,22). The second-order valence-electron chi connectivity index (χ2n) is 6.59. The first-order valence-corrected chi connectivity index (χ1v) is 9.15. The highest BCUT2D eigenvalue weighted by Crippen LogP contribution is 2.33. The fourth-order valence-corrected chi connectivity index (χ4v) is 3.17. The minimum Gasteiger partial charge on any atom is -0.486 e. The molecule has 9 heteroatoms. The van der Waals surface area contributed by atoms with Gasteiger partial charge in [-0.15, -0.1) is 10.2 Å². The molecular formula is C19H21N5O4. The van der Waals surface area contributed by atoms with Crippen LogP contribution in [0.1, 0.15) is 17.4 Å². The molecule has 0 spiro atoms. The van der Waals surface area contributed by atoms with Gasteiger partial charge in [-0.3, -0.25) is 9.59 Å². The fourth-order valence-electron chi connectivity index (χ4n) is 3.17. The maximum Gasteiger partial charge on any atom is 0.274 e. The number of carbonyl (C=O) groups is 2. The largest absolute Gasteiger partial charge is 0.486 e. The molecule has 1 aromatic carbocycles. The SMILES string of the molecule is CC(=O)N1CCN(C(=O)c2ccc(Nc3ccc4c(c3)OCCO4)nn2)CC1. The number of anilines is 2. The van der Waals surface area contributed by atoms with Gasteiger partial charge in [-0.25, -0.2) is 0 Å². The number of fused-ring (bicyclic) bond motifs is 1. The quantitative estimate of drug-likeness (QED) is 0.853. The van der Waals surface area contributed by atoms with Gasteiger partial charge < -0.3 is 24.6 Å². The Morgan fingerprint density at radius 2 is 1.64 bits per heavy atom. The molecule has 0 aliphatic carbocycles. The van der Waals surface area contributed by atoms with Crippen LogP contribution in [0.25, 0.3) is 0 Å². The number of benzene rings is 1. The minimum absolute atomic E-state index is 0.0291. The van der Waals surface area contributed by atoms with Gasteiger partial charge in [-0.05, 0) is 24.3 Å². The van der Waals surface area contributed by atoms with E-state index < -0.39 is 0 Å². The molecule has 0 atom stereocenters. The van der Waals surface area contributed by atoms with E-state index >= 15 is 0 Å². The number of carbonyl (C=O) groups excluding carboxylic acids is 2. The molecule has 0 bridgehead atoms. The Bertz CT molecular complexity index is 878. The van der Waals surface area contributed by atoms with Gasteiger partial charge in [0.1, 0.15) is 13.2 Å². The smallest absolute Gasteiger partial charge is 0.274 e. The third kappa shape index (κ3) is 3.83. The van der Waals surface area contributed by atoms with Crippen LogP contribution in [0.5, 0.6) is 11.5 Å². The first-order valence-electron chi connectivity index (χ1n) is 9.15. The van der Waals surface area contributed by atoms with Crippen molar-refractivity contribution in [3.8, 4) is 11.5 Å². The number of hydrogen-bond acceptors (Lipinski definition) is 7. The van der Waals surface area contributed by atoms with Crippen molar-refractivity contribution < 1.29 is 19.1 Å². The Labute approximate surface area is 162 Å². The Morgan fingerprint density at radius 3 is 2.32 bits per heavy atom. The zero-order valence-electron chi connectivity index (χ0n) is 15.6. The summed E-state index contributed by atoms with van der Waals surface area (Å²) < 4.78 is 11.1. The van der Waals surface area contributed by atoms with Gasteiger partial charge >= 0.3 is 0 Å². The average molecular weight is 383 g/mol. The molecule has 1 aromatic heterocycles. The van der Waals surface area contributed by atoms with Crippen LogP contribution in [0.3, 0.4) is 0 Å². The van der Waals surface area contributed by atoms with E-state index in [-0.39, 0.29) is 17.5 Å². The second-order valence-corrected chi connectivity index (χ2v) is 6.59. The normalized spacial score (nSPS) is 15.9.